The van der Waals surface area contributed by atoms with Crippen molar-refractivity contribution in [2.75, 3.05) is 19.8 Å². The lowest BCUT2D eigenvalue weighted by Gasteiger charge is -2.27. The number of Topliss-reactive ketones (excluding diaryl/α,β-unsaturated/α-hetero) is 1. The fourth-order valence-electron chi connectivity index (χ4n) is 4.44. The lowest BCUT2D eigenvalue weighted by molar-refractivity contribution is -0.140. The first-order valence-electron chi connectivity index (χ1n) is 11.3. The average molecular weight is 452 g/mol. The van der Waals surface area contributed by atoms with Crippen molar-refractivity contribution in [3.05, 3.63) is 64.7 Å². The highest BCUT2D eigenvalue weighted by atomic mass is 16.5. The molecule has 4 rings (SSSR count). The van der Waals surface area contributed by atoms with Crippen LogP contribution in [0.3, 0.4) is 0 Å². The number of ether oxygens (including phenoxy) is 2. The van der Waals surface area contributed by atoms with Crippen molar-refractivity contribution in [2.45, 2.75) is 45.3 Å². The summed E-state index contributed by atoms with van der Waals surface area (Å²) in [4.78, 5) is 27.6. The maximum atomic E-state index is 13.1. The zero-order valence-corrected chi connectivity index (χ0v) is 18.9. The Bertz CT molecular complexity index is 1090. The number of carbonyl (C=O) groups is 2. The van der Waals surface area contributed by atoms with Gasteiger partial charge in [0, 0.05) is 18.7 Å². The molecule has 0 bridgehead atoms. The van der Waals surface area contributed by atoms with E-state index in [0.29, 0.717) is 30.1 Å². The Morgan fingerprint density at radius 3 is 2.70 bits per heavy atom. The summed E-state index contributed by atoms with van der Waals surface area (Å²) in [7, 11) is 0. The molecule has 2 N–H and O–H groups in total. The SMILES string of the molecule is CCCOc1ccc(/C(O)=C2/C(=O)C(=O)N(CC3CCCO3)C2c2cccc(O)c2)cc1C. The number of rotatable bonds is 7. The largest absolute Gasteiger partial charge is 0.508 e. The van der Waals surface area contributed by atoms with E-state index in [9.17, 15) is 19.8 Å². The van der Waals surface area contributed by atoms with Crippen LogP contribution < -0.4 is 4.74 Å². The van der Waals surface area contributed by atoms with Gasteiger partial charge >= 0.3 is 0 Å². The van der Waals surface area contributed by atoms with Crippen LogP contribution in [0.4, 0.5) is 0 Å². The summed E-state index contributed by atoms with van der Waals surface area (Å²) in [5.41, 5.74) is 1.80. The van der Waals surface area contributed by atoms with Crippen LogP contribution in [0, 0.1) is 6.92 Å². The Kier molecular flexibility index (Phi) is 6.70. The number of nitrogens with zero attached hydrogens (tertiary/aromatic N) is 1. The second kappa shape index (κ2) is 9.67. The number of phenols is 1. The summed E-state index contributed by atoms with van der Waals surface area (Å²) in [5, 5.41) is 21.3. The van der Waals surface area contributed by atoms with Gasteiger partial charge in [0.05, 0.1) is 24.3 Å². The minimum absolute atomic E-state index is 0.00484. The number of hydrogen-bond donors (Lipinski definition) is 2. The predicted octanol–water partition coefficient (Wildman–Crippen LogP) is 4.09. The minimum Gasteiger partial charge on any atom is -0.508 e. The highest BCUT2D eigenvalue weighted by Crippen LogP contribution is 2.41. The first-order valence-corrected chi connectivity index (χ1v) is 11.3. The number of carbonyl (C=O) groups excluding carboxylic acids is 2. The van der Waals surface area contributed by atoms with Crippen LogP contribution in [-0.2, 0) is 14.3 Å². The second-order valence-corrected chi connectivity index (χ2v) is 8.51. The highest BCUT2D eigenvalue weighted by molar-refractivity contribution is 6.46. The Balaban J connectivity index is 1.78. The molecule has 2 fully saturated rings. The van der Waals surface area contributed by atoms with Gasteiger partial charge < -0.3 is 24.6 Å². The lowest BCUT2D eigenvalue weighted by atomic mass is 9.94. The van der Waals surface area contributed by atoms with E-state index in [-0.39, 0.29) is 29.7 Å². The van der Waals surface area contributed by atoms with Crippen LogP contribution in [0.1, 0.15) is 48.9 Å². The molecule has 0 aliphatic carbocycles. The summed E-state index contributed by atoms with van der Waals surface area (Å²) >= 11 is 0. The average Bonchev–Trinajstić information content (AvgIpc) is 3.40. The van der Waals surface area contributed by atoms with Crippen molar-refractivity contribution in [3.63, 3.8) is 0 Å². The molecule has 0 spiro atoms. The fraction of sp³-hybridized carbons (Fsp3) is 0.385. The van der Waals surface area contributed by atoms with Gasteiger partial charge in [0.2, 0.25) is 0 Å². The molecule has 2 atom stereocenters. The molecule has 2 unspecified atom stereocenters. The van der Waals surface area contributed by atoms with Gasteiger partial charge in [-0.15, -0.1) is 0 Å². The van der Waals surface area contributed by atoms with Gasteiger partial charge in [-0.05, 0) is 67.6 Å². The first-order chi connectivity index (χ1) is 15.9. The third-order valence-corrected chi connectivity index (χ3v) is 6.06. The number of aromatic hydroxyl groups is 1. The number of aliphatic hydroxyl groups excluding tert-OH is 1. The molecule has 174 valence electrons. The van der Waals surface area contributed by atoms with E-state index in [4.69, 9.17) is 9.47 Å². The third-order valence-electron chi connectivity index (χ3n) is 6.06. The van der Waals surface area contributed by atoms with E-state index in [1.54, 1.807) is 30.3 Å². The van der Waals surface area contributed by atoms with Gasteiger partial charge in [0.15, 0.2) is 0 Å². The standard InChI is InChI=1S/C26H29NO6/c1-3-11-33-21-10-9-18(13-16(21)2)24(29)22-23(17-6-4-7-19(28)14-17)27(26(31)25(22)30)15-20-8-5-12-32-20/h4,6-7,9-10,13-14,20,23,28-29H,3,5,8,11-12,15H2,1-2H3/b24-22-. The molecule has 0 aromatic heterocycles. The van der Waals surface area contributed by atoms with Crippen LogP contribution in [0.5, 0.6) is 11.5 Å². The summed E-state index contributed by atoms with van der Waals surface area (Å²) in [6, 6.07) is 10.8. The molecule has 7 heteroatoms. The Hall–Kier alpha value is -3.32. The van der Waals surface area contributed by atoms with E-state index in [1.165, 1.54) is 17.0 Å². The van der Waals surface area contributed by atoms with Gasteiger partial charge in [-0.3, -0.25) is 9.59 Å². The van der Waals surface area contributed by atoms with E-state index in [1.807, 2.05) is 13.8 Å². The maximum Gasteiger partial charge on any atom is 0.295 e. The molecular weight excluding hydrogens is 422 g/mol. The van der Waals surface area contributed by atoms with E-state index >= 15 is 0 Å². The zero-order chi connectivity index (χ0) is 23.5. The number of phenolic OH excluding ortho intramolecular Hbond substituents is 1. The van der Waals surface area contributed by atoms with Crippen molar-refractivity contribution in [1.82, 2.24) is 4.90 Å². The molecule has 2 aromatic carbocycles. The van der Waals surface area contributed by atoms with Gasteiger partial charge in [-0.2, -0.15) is 0 Å². The van der Waals surface area contributed by atoms with Gasteiger partial charge in [-0.25, -0.2) is 0 Å². The molecular formula is C26H29NO6. The number of ketones is 1. The van der Waals surface area contributed by atoms with Crippen LogP contribution in [-0.4, -0.2) is 52.7 Å². The van der Waals surface area contributed by atoms with Crippen molar-refractivity contribution in [3.8, 4) is 11.5 Å². The normalized spacial score (nSPS) is 22.2. The second-order valence-electron chi connectivity index (χ2n) is 8.51. The van der Waals surface area contributed by atoms with Crippen LogP contribution in [0.15, 0.2) is 48.0 Å². The summed E-state index contributed by atoms with van der Waals surface area (Å²) in [5.74, 6) is -0.954. The number of benzene rings is 2. The number of likely N-dealkylation sites (tertiary alicyclic amines) is 1. The molecule has 2 aromatic rings. The Morgan fingerprint density at radius 2 is 2.03 bits per heavy atom. The molecule has 0 saturated carbocycles. The Labute approximate surface area is 193 Å². The molecule has 2 saturated heterocycles. The van der Waals surface area contributed by atoms with Gasteiger partial charge in [0.25, 0.3) is 11.7 Å². The number of amides is 1. The first kappa shape index (κ1) is 22.9. The van der Waals surface area contributed by atoms with Crippen LogP contribution in [0.2, 0.25) is 0 Å². The number of hydrogen-bond acceptors (Lipinski definition) is 6. The van der Waals surface area contributed by atoms with Crippen LogP contribution in [0.25, 0.3) is 5.76 Å². The zero-order valence-electron chi connectivity index (χ0n) is 18.9. The van der Waals surface area contributed by atoms with E-state index in [2.05, 4.69) is 0 Å². The topological polar surface area (TPSA) is 96.3 Å². The molecule has 2 heterocycles. The van der Waals surface area contributed by atoms with Crippen molar-refractivity contribution < 1.29 is 29.3 Å². The molecule has 2 aliphatic heterocycles. The van der Waals surface area contributed by atoms with E-state index in [0.717, 1.165) is 24.8 Å². The summed E-state index contributed by atoms with van der Waals surface area (Å²) < 4.78 is 11.4. The number of aliphatic hydroxyl groups is 1. The Morgan fingerprint density at radius 1 is 1.21 bits per heavy atom. The fourth-order valence-corrected chi connectivity index (χ4v) is 4.44. The molecule has 7 nitrogen and oxygen atoms in total. The van der Waals surface area contributed by atoms with Crippen molar-refractivity contribution in [2.24, 2.45) is 0 Å². The quantitative estimate of drug-likeness (QED) is 0.374. The minimum atomic E-state index is -0.822. The number of aryl methyl sites for hydroxylation is 1. The monoisotopic (exact) mass is 451 g/mol. The molecule has 33 heavy (non-hydrogen) atoms. The third kappa shape index (κ3) is 4.59. The lowest BCUT2D eigenvalue weighted by Crippen LogP contribution is -2.36. The van der Waals surface area contributed by atoms with Crippen LogP contribution >= 0.6 is 0 Å². The summed E-state index contributed by atoms with van der Waals surface area (Å²) in [6.45, 7) is 5.33. The molecule has 0 radical (unpaired) electrons. The van der Waals surface area contributed by atoms with Crippen molar-refractivity contribution in [1.29, 1.82) is 0 Å². The highest BCUT2D eigenvalue weighted by Gasteiger charge is 2.47. The molecule has 2 aliphatic rings. The maximum absolute atomic E-state index is 13.1. The van der Waals surface area contributed by atoms with Crippen molar-refractivity contribution >= 4 is 17.4 Å². The van der Waals surface area contributed by atoms with E-state index < -0.39 is 17.7 Å². The summed E-state index contributed by atoms with van der Waals surface area (Å²) in [6.07, 6.45) is 2.41. The molecule has 1 amide bonds. The predicted molar refractivity (Wildman–Crippen MR) is 123 cm³/mol. The smallest absolute Gasteiger partial charge is 0.295 e. The van der Waals surface area contributed by atoms with Gasteiger partial charge in [0.1, 0.15) is 17.3 Å². The van der Waals surface area contributed by atoms with Gasteiger partial charge in [-0.1, -0.05) is 19.1 Å².